The van der Waals surface area contributed by atoms with E-state index in [0.29, 0.717) is 36.5 Å². The van der Waals surface area contributed by atoms with Crippen LogP contribution in [0.4, 0.5) is 5.69 Å². The number of piperidine rings is 1. The first-order valence-electron chi connectivity index (χ1n) is 10.0. The van der Waals surface area contributed by atoms with E-state index in [9.17, 15) is 13.2 Å². The van der Waals surface area contributed by atoms with Crippen LogP contribution in [0.25, 0.3) is 0 Å². The molecule has 2 heterocycles. The number of hydrogen-bond donors (Lipinski definition) is 0. The van der Waals surface area contributed by atoms with Crippen LogP contribution in [-0.4, -0.2) is 45.5 Å². The van der Waals surface area contributed by atoms with Crippen molar-refractivity contribution in [2.45, 2.75) is 43.5 Å². The molecule has 1 atom stereocenters. The standard InChI is InChI=1S/C22H26N2O4S/c1-16-14-17-8-4-5-9-20(17)24(16)29(26,27)18-10-11-21(28-2)19(15-18)22(25)23-12-6-3-7-13-23/h4-5,8-11,15-16H,3,6-7,12-14H2,1-2H3. The van der Waals surface area contributed by atoms with Crippen LogP contribution in [0.1, 0.15) is 42.1 Å². The summed E-state index contributed by atoms with van der Waals surface area (Å²) in [6.07, 6.45) is 3.72. The van der Waals surface area contributed by atoms with Crippen LogP contribution in [-0.2, 0) is 16.4 Å². The topological polar surface area (TPSA) is 66.9 Å². The van der Waals surface area contributed by atoms with Crippen molar-refractivity contribution in [1.29, 1.82) is 0 Å². The lowest BCUT2D eigenvalue weighted by atomic mass is 10.1. The molecule has 0 aliphatic carbocycles. The van der Waals surface area contributed by atoms with Crippen molar-refractivity contribution in [2.75, 3.05) is 24.5 Å². The molecule has 0 bridgehead atoms. The maximum atomic E-state index is 13.5. The van der Waals surface area contributed by atoms with E-state index in [0.717, 1.165) is 24.8 Å². The van der Waals surface area contributed by atoms with Gasteiger partial charge in [0.25, 0.3) is 15.9 Å². The molecule has 154 valence electrons. The Bertz CT molecular complexity index is 1030. The fraction of sp³-hybridized carbons (Fsp3) is 0.409. The Morgan fingerprint density at radius 3 is 2.52 bits per heavy atom. The van der Waals surface area contributed by atoms with Crippen LogP contribution in [0, 0.1) is 0 Å². The molecule has 0 aromatic heterocycles. The van der Waals surface area contributed by atoms with Crippen LogP contribution >= 0.6 is 0 Å². The van der Waals surface area contributed by atoms with Gasteiger partial charge in [-0.2, -0.15) is 0 Å². The average molecular weight is 415 g/mol. The van der Waals surface area contributed by atoms with E-state index in [1.165, 1.54) is 23.5 Å². The highest BCUT2D eigenvalue weighted by atomic mass is 32.2. The molecule has 7 heteroatoms. The minimum absolute atomic E-state index is 0.113. The number of methoxy groups -OCH3 is 1. The monoisotopic (exact) mass is 414 g/mol. The van der Waals surface area contributed by atoms with Crippen molar-refractivity contribution < 1.29 is 17.9 Å². The number of fused-ring (bicyclic) bond motifs is 1. The van der Waals surface area contributed by atoms with Crippen LogP contribution in [0.3, 0.4) is 0 Å². The van der Waals surface area contributed by atoms with Gasteiger partial charge in [0.1, 0.15) is 5.75 Å². The predicted molar refractivity (Wildman–Crippen MR) is 112 cm³/mol. The van der Waals surface area contributed by atoms with Crippen LogP contribution in [0.2, 0.25) is 0 Å². The van der Waals surface area contributed by atoms with Gasteiger partial charge in [-0.25, -0.2) is 8.42 Å². The molecule has 0 saturated carbocycles. The highest BCUT2D eigenvalue weighted by molar-refractivity contribution is 7.92. The zero-order valence-corrected chi connectivity index (χ0v) is 17.6. The second-order valence-electron chi connectivity index (χ2n) is 7.70. The number of rotatable bonds is 4. The molecule has 1 fully saturated rings. The van der Waals surface area contributed by atoms with Gasteiger partial charge in [0.15, 0.2) is 0 Å². The van der Waals surface area contributed by atoms with Gasteiger partial charge in [-0.15, -0.1) is 0 Å². The fourth-order valence-corrected chi connectivity index (χ4v) is 6.02. The molecule has 2 aromatic carbocycles. The van der Waals surface area contributed by atoms with Crippen LogP contribution in [0.5, 0.6) is 5.75 Å². The maximum absolute atomic E-state index is 13.5. The number of sulfonamides is 1. The Morgan fingerprint density at radius 1 is 1.07 bits per heavy atom. The fourth-order valence-electron chi connectivity index (χ4n) is 4.30. The van der Waals surface area contributed by atoms with Gasteiger partial charge in [0.2, 0.25) is 0 Å². The quantitative estimate of drug-likeness (QED) is 0.768. The molecule has 2 aromatic rings. The first-order chi connectivity index (χ1) is 13.9. The Kier molecular flexibility index (Phi) is 5.25. The maximum Gasteiger partial charge on any atom is 0.264 e. The van der Waals surface area contributed by atoms with Crippen molar-refractivity contribution in [2.24, 2.45) is 0 Å². The van der Waals surface area contributed by atoms with Gasteiger partial charge in [-0.1, -0.05) is 18.2 Å². The summed E-state index contributed by atoms with van der Waals surface area (Å²) >= 11 is 0. The summed E-state index contributed by atoms with van der Waals surface area (Å²) in [4.78, 5) is 15.0. The van der Waals surface area contributed by atoms with Gasteiger partial charge in [0.05, 0.1) is 23.3 Å². The second kappa shape index (κ2) is 7.71. The van der Waals surface area contributed by atoms with E-state index < -0.39 is 10.0 Å². The Morgan fingerprint density at radius 2 is 1.79 bits per heavy atom. The van der Waals surface area contributed by atoms with E-state index in [1.54, 1.807) is 11.0 Å². The molecule has 0 N–H and O–H groups in total. The molecule has 29 heavy (non-hydrogen) atoms. The van der Waals surface area contributed by atoms with Crippen molar-refractivity contribution in [3.63, 3.8) is 0 Å². The molecular formula is C22H26N2O4S. The summed E-state index contributed by atoms with van der Waals surface area (Å²) in [7, 11) is -2.31. The smallest absolute Gasteiger partial charge is 0.264 e. The first-order valence-corrected chi connectivity index (χ1v) is 11.5. The third kappa shape index (κ3) is 3.48. The molecule has 0 spiro atoms. The molecule has 4 rings (SSSR count). The van der Waals surface area contributed by atoms with Crippen molar-refractivity contribution >= 4 is 21.6 Å². The second-order valence-corrected chi connectivity index (χ2v) is 9.51. The van der Waals surface area contributed by atoms with Gasteiger partial charge < -0.3 is 9.64 Å². The number of hydrogen-bond acceptors (Lipinski definition) is 4. The summed E-state index contributed by atoms with van der Waals surface area (Å²) < 4.78 is 33.9. The molecule has 1 unspecified atom stereocenters. The van der Waals surface area contributed by atoms with Gasteiger partial charge in [-0.05, 0) is 62.4 Å². The number of anilines is 1. The summed E-state index contributed by atoms with van der Waals surface area (Å²) in [5.74, 6) is 0.225. The molecule has 0 radical (unpaired) electrons. The van der Waals surface area contributed by atoms with Crippen molar-refractivity contribution in [3.05, 3.63) is 53.6 Å². The van der Waals surface area contributed by atoms with Crippen molar-refractivity contribution in [3.8, 4) is 5.75 Å². The Balaban J connectivity index is 1.74. The van der Waals surface area contributed by atoms with Gasteiger partial charge >= 0.3 is 0 Å². The van der Waals surface area contributed by atoms with Crippen LogP contribution in [0.15, 0.2) is 47.4 Å². The lowest BCUT2D eigenvalue weighted by molar-refractivity contribution is 0.0720. The van der Waals surface area contributed by atoms with Crippen molar-refractivity contribution in [1.82, 2.24) is 4.90 Å². The molecule has 2 aliphatic rings. The summed E-state index contributed by atoms with van der Waals surface area (Å²) in [5, 5.41) is 0. The number of amides is 1. The highest BCUT2D eigenvalue weighted by Gasteiger charge is 2.36. The van der Waals surface area contributed by atoms with E-state index in [2.05, 4.69) is 0 Å². The summed E-state index contributed by atoms with van der Waals surface area (Å²) in [6.45, 7) is 3.28. The number of carbonyl (C=O) groups excluding carboxylic acids is 1. The predicted octanol–water partition coefficient (Wildman–Crippen LogP) is 3.46. The number of carbonyl (C=O) groups is 1. The highest BCUT2D eigenvalue weighted by Crippen LogP contribution is 2.37. The minimum atomic E-state index is -3.81. The molecular weight excluding hydrogens is 388 g/mol. The average Bonchev–Trinajstić information content (AvgIpc) is 3.09. The molecule has 1 saturated heterocycles. The lowest BCUT2D eigenvalue weighted by Gasteiger charge is -2.28. The van der Waals surface area contributed by atoms with E-state index >= 15 is 0 Å². The van der Waals surface area contributed by atoms with E-state index in [-0.39, 0.29) is 16.8 Å². The summed E-state index contributed by atoms with van der Waals surface area (Å²) in [5.41, 5.74) is 2.03. The number of likely N-dealkylation sites (tertiary alicyclic amines) is 1. The number of ether oxygens (including phenoxy) is 1. The molecule has 1 amide bonds. The largest absolute Gasteiger partial charge is 0.496 e. The lowest BCUT2D eigenvalue weighted by Crippen LogP contribution is -2.37. The zero-order chi connectivity index (χ0) is 20.6. The van der Waals surface area contributed by atoms with Crippen LogP contribution < -0.4 is 9.04 Å². The third-order valence-electron chi connectivity index (χ3n) is 5.75. The number of benzene rings is 2. The van der Waals surface area contributed by atoms with Gasteiger partial charge in [-0.3, -0.25) is 9.10 Å². The molecule has 6 nitrogen and oxygen atoms in total. The summed E-state index contributed by atoms with van der Waals surface area (Å²) in [6, 6.07) is 12.0. The van der Waals surface area contributed by atoms with Gasteiger partial charge in [0, 0.05) is 19.1 Å². The zero-order valence-electron chi connectivity index (χ0n) is 16.8. The molecule has 2 aliphatic heterocycles. The van der Waals surface area contributed by atoms with E-state index in [1.807, 2.05) is 31.2 Å². The minimum Gasteiger partial charge on any atom is -0.496 e. The normalized spacial score (nSPS) is 19.2. The Labute approximate surface area is 172 Å². The third-order valence-corrected chi connectivity index (χ3v) is 7.67. The SMILES string of the molecule is COc1ccc(S(=O)(=O)N2c3ccccc3CC2C)cc1C(=O)N1CCCCC1. The van der Waals surface area contributed by atoms with E-state index in [4.69, 9.17) is 4.74 Å². The number of nitrogens with zero attached hydrogens (tertiary/aromatic N) is 2. The number of para-hydroxylation sites is 1. The first kappa shape index (κ1) is 19.8. The Hall–Kier alpha value is -2.54.